The minimum Gasteiger partial charge on any atom is -0.466 e. The second-order valence-electron chi connectivity index (χ2n) is 6.60. The third-order valence-corrected chi connectivity index (χ3v) is 4.83. The number of allylic oxidation sites excluding steroid dienone is 1. The van der Waals surface area contributed by atoms with E-state index in [1.807, 2.05) is 42.5 Å². The van der Waals surface area contributed by atoms with Gasteiger partial charge in [0.2, 0.25) is 0 Å². The van der Waals surface area contributed by atoms with E-state index < -0.39 is 17.5 Å². The van der Waals surface area contributed by atoms with Crippen molar-refractivity contribution in [1.82, 2.24) is 0 Å². The highest BCUT2D eigenvalue weighted by molar-refractivity contribution is 5.99. The van der Waals surface area contributed by atoms with E-state index in [1.165, 1.54) is 6.92 Å². The summed E-state index contributed by atoms with van der Waals surface area (Å²) in [6, 6.07) is 18.1. The Morgan fingerprint density at radius 1 is 1.08 bits per heavy atom. The van der Waals surface area contributed by atoms with Crippen LogP contribution >= 0.6 is 0 Å². The molecule has 0 bridgehead atoms. The lowest BCUT2D eigenvalue weighted by Gasteiger charge is -2.40. The molecule has 2 aromatic rings. The molecule has 4 heteroatoms. The second-order valence-corrected chi connectivity index (χ2v) is 6.60. The van der Waals surface area contributed by atoms with E-state index >= 15 is 0 Å². The van der Waals surface area contributed by atoms with Crippen molar-refractivity contribution < 1.29 is 19.4 Å². The minimum atomic E-state index is -1.45. The molecule has 0 aromatic heterocycles. The van der Waals surface area contributed by atoms with Crippen molar-refractivity contribution in [3.63, 3.8) is 0 Å². The van der Waals surface area contributed by atoms with Crippen molar-refractivity contribution in [1.29, 1.82) is 0 Å². The number of ketones is 1. The van der Waals surface area contributed by atoms with Gasteiger partial charge in [-0.15, -0.1) is 0 Å². The lowest BCUT2D eigenvalue weighted by molar-refractivity contribution is -0.144. The smallest absolute Gasteiger partial charge is 0.302 e. The van der Waals surface area contributed by atoms with Gasteiger partial charge < -0.3 is 9.84 Å². The van der Waals surface area contributed by atoms with Gasteiger partial charge in [-0.05, 0) is 12.0 Å². The fraction of sp³-hybridized carbons (Fsp3) is 0.273. The van der Waals surface area contributed by atoms with Crippen LogP contribution in [0.1, 0.15) is 29.3 Å². The first-order chi connectivity index (χ1) is 12.5. The van der Waals surface area contributed by atoms with Crippen molar-refractivity contribution in [3.05, 3.63) is 83.9 Å². The van der Waals surface area contributed by atoms with Crippen LogP contribution < -0.4 is 0 Å². The number of carbonyl (C=O) groups is 2. The third kappa shape index (κ3) is 3.60. The van der Waals surface area contributed by atoms with Gasteiger partial charge >= 0.3 is 5.97 Å². The normalized spacial score (nSPS) is 24.8. The van der Waals surface area contributed by atoms with E-state index in [4.69, 9.17) is 4.74 Å². The molecule has 134 valence electrons. The monoisotopic (exact) mass is 350 g/mol. The van der Waals surface area contributed by atoms with Crippen LogP contribution in [0.15, 0.2) is 72.8 Å². The molecule has 0 saturated carbocycles. The zero-order valence-corrected chi connectivity index (χ0v) is 14.7. The topological polar surface area (TPSA) is 63.6 Å². The van der Waals surface area contributed by atoms with Crippen molar-refractivity contribution in [2.45, 2.75) is 18.9 Å². The first-order valence-corrected chi connectivity index (χ1v) is 8.70. The van der Waals surface area contributed by atoms with Gasteiger partial charge in [-0.2, -0.15) is 0 Å². The molecule has 26 heavy (non-hydrogen) atoms. The Balaban J connectivity index is 2.04. The Labute approximate surface area is 153 Å². The molecule has 0 spiro atoms. The SMILES string of the molecule is CC(=O)OC[C@H]1CC=C[C@@](O)(c2ccccc2)[C@@H]1C(=O)c1ccccc1. The molecule has 2 aromatic carbocycles. The van der Waals surface area contributed by atoms with Gasteiger partial charge in [0.25, 0.3) is 0 Å². The number of rotatable bonds is 5. The largest absolute Gasteiger partial charge is 0.466 e. The maximum atomic E-state index is 13.3. The fourth-order valence-electron chi connectivity index (χ4n) is 3.59. The number of hydrogen-bond acceptors (Lipinski definition) is 4. The summed E-state index contributed by atoms with van der Waals surface area (Å²) in [5, 5.41) is 11.5. The summed E-state index contributed by atoms with van der Waals surface area (Å²) in [5.74, 6) is -1.59. The maximum absolute atomic E-state index is 13.3. The Morgan fingerprint density at radius 2 is 1.69 bits per heavy atom. The molecule has 4 nitrogen and oxygen atoms in total. The lowest BCUT2D eigenvalue weighted by atomic mass is 9.67. The number of benzene rings is 2. The zero-order chi connectivity index (χ0) is 18.6. The number of carbonyl (C=O) groups excluding carboxylic acids is 2. The Hall–Kier alpha value is -2.72. The predicted octanol–water partition coefficient (Wildman–Crippen LogP) is 3.51. The molecule has 0 radical (unpaired) electrons. The molecule has 1 aliphatic carbocycles. The van der Waals surface area contributed by atoms with E-state index in [0.717, 1.165) is 0 Å². The number of Topliss-reactive ketones (excluding diaryl/α,β-unsaturated/α-hetero) is 1. The van der Waals surface area contributed by atoms with Gasteiger partial charge in [-0.1, -0.05) is 72.8 Å². The average molecular weight is 350 g/mol. The Morgan fingerprint density at radius 3 is 2.31 bits per heavy atom. The van der Waals surface area contributed by atoms with Crippen molar-refractivity contribution >= 4 is 11.8 Å². The average Bonchev–Trinajstić information content (AvgIpc) is 2.67. The third-order valence-electron chi connectivity index (χ3n) is 4.83. The van der Waals surface area contributed by atoms with Crippen LogP contribution in [0, 0.1) is 11.8 Å². The van der Waals surface area contributed by atoms with Crippen LogP contribution in [0.4, 0.5) is 0 Å². The summed E-state index contributed by atoms with van der Waals surface area (Å²) in [6.45, 7) is 1.44. The molecule has 0 unspecified atom stereocenters. The molecule has 3 rings (SSSR count). The first kappa shape index (κ1) is 18.1. The molecular formula is C22H22O4. The predicted molar refractivity (Wildman–Crippen MR) is 98.5 cm³/mol. The zero-order valence-electron chi connectivity index (χ0n) is 14.7. The number of esters is 1. The first-order valence-electron chi connectivity index (χ1n) is 8.70. The highest BCUT2D eigenvalue weighted by Gasteiger charge is 2.47. The Bertz CT molecular complexity index is 797. The van der Waals surface area contributed by atoms with Crippen LogP contribution in [-0.4, -0.2) is 23.5 Å². The van der Waals surface area contributed by atoms with E-state index in [0.29, 0.717) is 17.5 Å². The number of aliphatic hydroxyl groups is 1. The fourth-order valence-corrected chi connectivity index (χ4v) is 3.59. The molecule has 0 aliphatic heterocycles. The Kier molecular flexibility index (Phi) is 5.33. The van der Waals surface area contributed by atoms with Gasteiger partial charge in [0.05, 0.1) is 12.5 Å². The van der Waals surface area contributed by atoms with E-state index in [-0.39, 0.29) is 18.3 Å². The molecule has 0 amide bonds. The molecule has 0 fully saturated rings. The standard InChI is InChI=1S/C22H22O4/c1-16(23)26-15-18-11-8-14-22(25,19-12-6-3-7-13-19)20(18)21(24)17-9-4-2-5-10-17/h2-10,12-14,18,20,25H,11,15H2,1H3/t18-,20+,22-/m1/s1. The maximum Gasteiger partial charge on any atom is 0.302 e. The van der Waals surface area contributed by atoms with E-state index in [1.54, 1.807) is 30.3 Å². The summed E-state index contributed by atoms with van der Waals surface area (Å²) < 4.78 is 5.19. The van der Waals surface area contributed by atoms with E-state index in [9.17, 15) is 14.7 Å². The molecular weight excluding hydrogens is 328 g/mol. The lowest BCUT2D eigenvalue weighted by Crippen LogP contribution is -2.46. The van der Waals surface area contributed by atoms with E-state index in [2.05, 4.69) is 0 Å². The summed E-state index contributed by atoms with van der Waals surface area (Å²) in [4.78, 5) is 24.6. The highest BCUT2D eigenvalue weighted by atomic mass is 16.5. The summed E-state index contributed by atoms with van der Waals surface area (Å²) in [7, 11) is 0. The quantitative estimate of drug-likeness (QED) is 0.509. The van der Waals surface area contributed by atoms with Gasteiger partial charge in [0, 0.05) is 18.4 Å². The van der Waals surface area contributed by atoms with Crippen LogP contribution in [0.3, 0.4) is 0 Å². The molecule has 3 atom stereocenters. The van der Waals surface area contributed by atoms with Crippen molar-refractivity contribution in [2.75, 3.05) is 6.61 Å². The molecule has 1 aliphatic rings. The summed E-state index contributed by atoms with van der Waals surface area (Å²) in [5.41, 5.74) is -0.259. The van der Waals surface area contributed by atoms with Gasteiger partial charge in [-0.3, -0.25) is 9.59 Å². The minimum absolute atomic E-state index is 0.0953. The molecule has 0 heterocycles. The van der Waals surface area contributed by atoms with Gasteiger partial charge in [0.1, 0.15) is 5.60 Å². The van der Waals surface area contributed by atoms with Crippen LogP contribution in [0.2, 0.25) is 0 Å². The van der Waals surface area contributed by atoms with Gasteiger partial charge in [0.15, 0.2) is 5.78 Å². The molecule has 1 N–H and O–H groups in total. The van der Waals surface area contributed by atoms with Gasteiger partial charge in [-0.25, -0.2) is 0 Å². The van der Waals surface area contributed by atoms with Crippen molar-refractivity contribution in [2.24, 2.45) is 11.8 Å². The number of ether oxygens (including phenoxy) is 1. The highest BCUT2D eigenvalue weighted by Crippen LogP contribution is 2.43. The van der Waals surface area contributed by atoms with Crippen LogP contribution in [-0.2, 0) is 15.1 Å². The van der Waals surface area contributed by atoms with Crippen LogP contribution in [0.25, 0.3) is 0 Å². The summed E-state index contributed by atoms with van der Waals surface area (Å²) >= 11 is 0. The van der Waals surface area contributed by atoms with Crippen molar-refractivity contribution in [3.8, 4) is 0 Å². The summed E-state index contributed by atoms with van der Waals surface area (Å²) in [6.07, 6.45) is 4.11. The molecule has 0 saturated heterocycles. The van der Waals surface area contributed by atoms with Crippen LogP contribution in [0.5, 0.6) is 0 Å². The number of hydrogen-bond donors (Lipinski definition) is 1. The second kappa shape index (κ2) is 7.67.